The predicted molar refractivity (Wildman–Crippen MR) is 134 cm³/mol. The summed E-state index contributed by atoms with van der Waals surface area (Å²) < 4.78 is 24.6. The predicted octanol–water partition coefficient (Wildman–Crippen LogP) is 4.03. The van der Waals surface area contributed by atoms with Crippen molar-refractivity contribution < 1.29 is 18.3 Å². The number of nitrogens with one attached hydrogen (secondary N) is 2. The number of sulfone groups is 1. The first-order valence-corrected chi connectivity index (χ1v) is 13.7. The van der Waals surface area contributed by atoms with Crippen molar-refractivity contribution in [3.05, 3.63) is 53.5 Å². The quantitative estimate of drug-likeness (QED) is 0.368. The average Bonchev–Trinajstić information content (AvgIpc) is 3.46. The first-order chi connectivity index (χ1) is 16.3. The van der Waals surface area contributed by atoms with E-state index in [9.17, 15) is 18.3 Å². The van der Waals surface area contributed by atoms with Crippen molar-refractivity contribution in [3.8, 4) is 0 Å². The van der Waals surface area contributed by atoms with Gasteiger partial charge in [0.25, 0.3) is 5.91 Å². The monoisotopic (exact) mass is 496 g/mol. The molecule has 1 fully saturated rings. The van der Waals surface area contributed by atoms with E-state index in [0.29, 0.717) is 22.0 Å². The number of aromatic nitrogens is 2. The van der Waals surface area contributed by atoms with Crippen LogP contribution in [0.3, 0.4) is 0 Å². The summed E-state index contributed by atoms with van der Waals surface area (Å²) in [6, 6.07) is 12.2. The van der Waals surface area contributed by atoms with Gasteiger partial charge in [0.15, 0.2) is 9.84 Å². The van der Waals surface area contributed by atoms with Crippen LogP contribution in [-0.2, 0) is 9.84 Å². The SMILES string of the molecule is CS(=O)(=O)c1cccc(Nc2ncc3ccc4sc(C(=O)NC5(CO)CCCC5)cc4c3n2)c1. The largest absolute Gasteiger partial charge is 0.394 e. The van der Waals surface area contributed by atoms with E-state index in [1.807, 2.05) is 18.2 Å². The van der Waals surface area contributed by atoms with Crippen LogP contribution < -0.4 is 10.6 Å². The van der Waals surface area contributed by atoms with Gasteiger partial charge in [0, 0.05) is 33.6 Å². The lowest BCUT2D eigenvalue weighted by Crippen LogP contribution is -2.49. The molecule has 176 valence electrons. The number of carbonyl (C=O) groups excluding carboxylic acids is 1. The second-order valence-electron chi connectivity index (χ2n) is 8.74. The number of hydrogen-bond donors (Lipinski definition) is 3. The standard InChI is InChI=1S/C24H24N4O4S2/c1-34(31,32)17-6-4-5-16(11-17)26-23-25-13-15-7-8-19-18(21(15)27-23)12-20(33-19)22(30)28-24(14-29)9-2-3-10-24/h4-8,11-13,29H,2-3,9-10,14H2,1H3,(H,28,30)(H,25,26,27). The lowest BCUT2D eigenvalue weighted by atomic mass is 9.99. The van der Waals surface area contributed by atoms with Crippen LogP contribution in [0.5, 0.6) is 0 Å². The normalized spacial score (nSPS) is 15.6. The number of anilines is 2. The van der Waals surface area contributed by atoms with Crippen LogP contribution >= 0.6 is 11.3 Å². The highest BCUT2D eigenvalue weighted by atomic mass is 32.2. The Kier molecular flexibility index (Phi) is 5.75. The molecule has 0 bridgehead atoms. The summed E-state index contributed by atoms with van der Waals surface area (Å²) in [4.78, 5) is 22.8. The molecular formula is C24H24N4O4S2. The Balaban J connectivity index is 1.48. The summed E-state index contributed by atoms with van der Waals surface area (Å²) in [6.07, 6.45) is 6.42. The van der Waals surface area contributed by atoms with E-state index in [2.05, 4.69) is 20.6 Å². The maximum Gasteiger partial charge on any atom is 0.261 e. The Bertz CT molecular complexity index is 1510. The molecule has 2 aromatic carbocycles. The summed E-state index contributed by atoms with van der Waals surface area (Å²) in [5.74, 6) is 0.142. The topological polar surface area (TPSA) is 121 Å². The number of aliphatic hydroxyl groups is 1. The van der Waals surface area contributed by atoms with E-state index in [1.165, 1.54) is 23.5 Å². The Labute approximate surface area is 201 Å². The number of amides is 1. The van der Waals surface area contributed by atoms with Gasteiger partial charge in [0.1, 0.15) is 0 Å². The fourth-order valence-corrected chi connectivity index (χ4v) is 6.02. The van der Waals surface area contributed by atoms with E-state index in [0.717, 1.165) is 47.4 Å². The number of hydrogen-bond acceptors (Lipinski definition) is 8. The van der Waals surface area contributed by atoms with Gasteiger partial charge in [0.05, 0.1) is 27.4 Å². The summed E-state index contributed by atoms with van der Waals surface area (Å²) in [7, 11) is -3.33. The van der Waals surface area contributed by atoms with E-state index >= 15 is 0 Å². The molecule has 3 N–H and O–H groups in total. The molecule has 8 nitrogen and oxygen atoms in total. The minimum absolute atomic E-state index is 0.0602. The fourth-order valence-electron chi connectivity index (χ4n) is 4.39. The van der Waals surface area contributed by atoms with Crippen LogP contribution in [0.25, 0.3) is 21.0 Å². The average molecular weight is 497 g/mol. The van der Waals surface area contributed by atoms with Crippen molar-refractivity contribution in [2.45, 2.75) is 36.1 Å². The third-order valence-corrected chi connectivity index (χ3v) is 8.44. The molecule has 1 aliphatic carbocycles. The molecule has 2 aromatic heterocycles. The molecule has 34 heavy (non-hydrogen) atoms. The van der Waals surface area contributed by atoms with E-state index in [-0.39, 0.29) is 17.4 Å². The maximum atomic E-state index is 13.0. The molecule has 10 heteroatoms. The van der Waals surface area contributed by atoms with Crippen LogP contribution in [0.4, 0.5) is 11.6 Å². The van der Waals surface area contributed by atoms with Crippen molar-refractivity contribution >= 4 is 59.7 Å². The Morgan fingerprint density at radius 1 is 1.18 bits per heavy atom. The molecule has 4 aromatic rings. The molecule has 0 spiro atoms. The third kappa shape index (κ3) is 4.36. The van der Waals surface area contributed by atoms with Gasteiger partial charge < -0.3 is 15.7 Å². The number of rotatable bonds is 6. The summed E-state index contributed by atoms with van der Waals surface area (Å²) in [5.41, 5.74) is 0.725. The summed E-state index contributed by atoms with van der Waals surface area (Å²) in [5, 5.41) is 17.6. The highest BCUT2D eigenvalue weighted by molar-refractivity contribution is 7.90. The number of carbonyl (C=O) groups is 1. The Hall–Kier alpha value is -3.08. The minimum Gasteiger partial charge on any atom is -0.394 e. The van der Waals surface area contributed by atoms with Gasteiger partial charge >= 0.3 is 0 Å². The highest BCUT2D eigenvalue weighted by Gasteiger charge is 2.35. The zero-order chi connectivity index (χ0) is 23.9. The second-order valence-corrected chi connectivity index (χ2v) is 11.8. The zero-order valence-corrected chi connectivity index (χ0v) is 20.2. The molecule has 0 atom stereocenters. The zero-order valence-electron chi connectivity index (χ0n) is 18.5. The van der Waals surface area contributed by atoms with Gasteiger partial charge in [-0.3, -0.25) is 4.79 Å². The molecule has 1 amide bonds. The van der Waals surface area contributed by atoms with Crippen LogP contribution in [-0.4, -0.2) is 47.8 Å². The van der Waals surface area contributed by atoms with Crippen LogP contribution in [0.2, 0.25) is 0 Å². The van der Waals surface area contributed by atoms with Gasteiger partial charge in [-0.05, 0) is 49.2 Å². The Morgan fingerprint density at radius 3 is 2.71 bits per heavy atom. The van der Waals surface area contributed by atoms with Crippen molar-refractivity contribution in [2.75, 3.05) is 18.2 Å². The number of nitrogens with zero attached hydrogens (tertiary/aromatic N) is 2. The molecule has 5 rings (SSSR count). The molecule has 2 heterocycles. The van der Waals surface area contributed by atoms with Crippen molar-refractivity contribution in [1.29, 1.82) is 0 Å². The van der Waals surface area contributed by atoms with Crippen LogP contribution in [0, 0.1) is 0 Å². The fraction of sp³-hybridized carbons (Fsp3) is 0.292. The number of fused-ring (bicyclic) bond motifs is 3. The maximum absolute atomic E-state index is 13.0. The van der Waals surface area contributed by atoms with Crippen LogP contribution in [0.15, 0.2) is 53.6 Å². The van der Waals surface area contributed by atoms with Crippen molar-refractivity contribution in [1.82, 2.24) is 15.3 Å². The molecule has 0 saturated heterocycles. The van der Waals surface area contributed by atoms with Gasteiger partial charge in [-0.25, -0.2) is 18.4 Å². The first kappa shape index (κ1) is 22.7. The molecule has 0 unspecified atom stereocenters. The molecular weight excluding hydrogens is 472 g/mol. The molecule has 1 saturated carbocycles. The second kappa shape index (κ2) is 8.61. The molecule has 1 aliphatic rings. The summed E-state index contributed by atoms with van der Waals surface area (Å²) in [6.45, 7) is -0.0602. The lowest BCUT2D eigenvalue weighted by Gasteiger charge is -2.27. The Morgan fingerprint density at radius 2 is 1.97 bits per heavy atom. The van der Waals surface area contributed by atoms with E-state index < -0.39 is 15.4 Å². The summed E-state index contributed by atoms with van der Waals surface area (Å²) >= 11 is 1.39. The van der Waals surface area contributed by atoms with Crippen molar-refractivity contribution in [3.63, 3.8) is 0 Å². The number of aliphatic hydroxyl groups excluding tert-OH is 1. The van der Waals surface area contributed by atoms with E-state index in [4.69, 9.17) is 0 Å². The van der Waals surface area contributed by atoms with Gasteiger partial charge in [-0.15, -0.1) is 11.3 Å². The van der Waals surface area contributed by atoms with Crippen molar-refractivity contribution in [2.24, 2.45) is 0 Å². The van der Waals surface area contributed by atoms with Crippen LogP contribution in [0.1, 0.15) is 35.4 Å². The van der Waals surface area contributed by atoms with Gasteiger partial charge in [-0.1, -0.05) is 18.9 Å². The minimum atomic E-state index is -3.33. The van der Waals surface area contributed by atoms with E-state index in [1.54, 1.807) is 18.3 Å². The molecule has 0 aliphatic heterocycles. The number of thiophene rings is 1. The lowest BCUT2D eigenvalue weighted by molar-refractivity contribution is 0.0842. The third-order valence-electron chi connectivity index (χ3n) is 6.23. The number of benzene rings is 2. The molecule has 0 radical (unpaired) electrons. The smallest absolute Gasteiger partial charge is 0.261 e. The highest BCUT2D eigenvalue weighted by Crippen LogP contribution is 2.34. The van der Waals surface area contributed by atoms with Gasteiger partial charge in [0.2, 0.25) is 5.95 Å². The first-order valence-electron chi connectivity index (χ1n) is 11.0. The van der Waals surface area contributed by atoms with Gasteiger partial charge in [-0.2, -0.15) is 0 Å².